The van der Waals surface area contributed by atoms with Gasteiger partial charge in [-0.15, -0.1) is 0 Å². The van der Waals surface area contributed by atoms with E-state index >= 15 is 0 Å². The summed E-state index contributed by atoms with van der Waals surface area (Å²) in [6, 6.07) is 8.87. The molecule has 2 aliphatic heterocycles. The summed E-state index contributed by atoms with van der Waals surface area (Å²) in [6.45, 7) is 8.80. The number of hydrogen-bond acceptors (Lipinski definition) is 6. The highest BCUT2D eigenvalue weighted by Crippen LogP contribution is 2.35. The quantitative estimate of drug-likeness (QED) is 0.610. The molecule has 31 heavy (non-hydrogen) atoms. The van der Waals surface area contributed by atoms with Gasteiger partial charge in [0.1, 0.15) is 11.5 Å². The van der Waals surface area contributed by atoms with E-state index < -0.39 is 0 Å². The molecule has 0 amide bonds. The Bertz CT molecular complexity index is 1010. The van der Waals surface area contributed by atoms with E-state index in [0.717, 1.165) is 64.0 Å². The zero-order chi connectivity index (χ0) is 20.6. The van der Waals surface area contributed by atoms with Gasteiger partial charge in [-0.3, -0.25) is 14.2 Å². The monoisotopic (exact) mass is 421 g/mol. The maximum absolute atomic E-state index is 5.56. The summed E-state index contributed by atoms with van der Waals surface area (Å²) in [5.74, 6) is 2.10. The molecule has 7 heteroatoms. The number of furan rings is 1. The number of rotatable bonds is 6. The van der Waals surface area contributed by atoms with Crippen LogP contribution in [0.2, 0.25) is 0 Å². The molecule has 0 aromatic carbocycles. The van der Waals surface area contributed by atoms with E-state index in [1.54, 1.807) is 6.26 Å². The molecular weight excluding hydrogens is 390 g/mol. The first kappa shape index (κ1) is 19.3. The highest BCUT2D eigenvalue weighted by Gasteiger charge is 2.34. The molecule has 7 nitrogen and oxygen atoms in total. The van der Waals surface area contributed by atoms with Crippen LogP contribution in [0.1, 0.15) is 30.1 Å². The first-order chi connectivity index (χ1) is 15.3. The molecule has 3 aromatic rings. The van der Waals surface area contributed by atoms with Crippen molar-refractivity contribution >= 4 is 11.5 Å². The van der Waals surface area contributed by atoms with E-state index in [0.29, 0.717) is 6.04 Å². The largest absolute Gasteiger partial charge is 0.472 e. The predicted octanol–water partition coefficient (Wildman–Crippen LogP) is 3.03. The lowest BCUT2D eigenvalue weighted by Gasteiger charge is -2.40. The van der Waals surface area contributed by atoms with Crippen molar-refractivity contribution in [2.45, 2.75) is 25.4 Å². The van der Waals surface area contributed by atoms with Crippen LogP contribution in [0.4, 0.5) is 5.82 Å². The van der Waals surface area contributed by atoms with Crippen molar-refractivity contribution in [3.63, 3.8) is 0 Å². The fourth-order valence-corrected chi connectivity index (χ4v) is 5.02. The molecule has 3 aromatic heterocycles. The van der Waals surface area contributed by atoms with Crippen LogP contribution < -0.4 is 4.90 Å². The zero-order valence-corrected chi connectivity index (χ0v) is 18.0. The van der Waals surface area contributed by atoms with Crippen LogP contribution in [-0.4, -0.2) is 71.7 Å². The topological polar surface area (TPSA) is 49.4 Å². The van der Waals surface area contributed by atoms with Crippen molar-refractivity contribution in [1.82, 2.24) is 19.2 Å². The molecule has 3 aliphatic rings. The minimum Gasteiger partial charge on any atom is -0.472 e. The van der Waals surface area contributed by atoms with Crippen LogP contribution in [0, 0.1) is 5.92 Å². The highest BCUT2D eigenvalue weighted by atomic mass is 16.5. The average molecular weight is 422 g/mol. The SMILES string of the molecule is c1cc(N2CCOCC2)n2cc([C@@H]3CN(Cc4ccoc4)CCN3CC3CC3)nc2c1. The van der Waals surface area contributed by atoms with Gasteiger partial charge in [0.2, 0.25) is 0 Å². The number of fused-ring (bicyclic) bond motifs is 1. The molecule has 1 saturated carbocycles. The van der Waals surface area contributed by atoms with Gasteiger partial charge >= 0.3 is 0 Å². The van der Waals surface area contributed by atoms with Crippen molar-refractivity contribution in [2.24, 2.45) is 5.92 Å². The molecular formula is C24H31N5O2. The molecule has 1 atom stereocenters. The second-order valence-electron chi connectivity index (χ2n) is 9.20. The fraction of sp³-hybridized carbons (Fsp3) is 0.542. The number of hydrogen-bond donors (Lipinski definition) is 0. The van der Waals surface area contributed by atoms with E-state index in [1.807, 2.05) is 6.26 Å². The maximum atomic E-state index is 5.56. The second-order valence-corrected chi connectivity index (χ2v) is 9.20. The molecule has 164 valence electrons. The fourth-order valence-electron chi connectivity index (χ4n) is 5.02. The van der Waals surface area contributed by atoms with Gasteiger partial charge in [0.15, 0.2) is 0 Å². The number of anilines is 1. The summed E-state index contributed by atoms with van der Waals surface area (Å²) in [4.78, 5) is 12.8. The van der Waals surface area contributed by atoms with Crippen molar-refractivity contribution < 1.29 is 9.15 Å². The van der Waals surface area contributed by atoms with Gasteiger partial charge in [0.25, 0.3) is 0 Å². The lowest BCUT2D eigenvalue weighted by molar-refractivity contribution is 0.0639. The minimum absolute atomic E-state index is 0.332. The van der Waals surface area contributed by atoms with Gasteiger partial charge in [-0.05, 0) is 37.0 Å². The average Bonchev–Trinajstić information content (AvgIpc) is 3.29. The summed E-state index contributed by atoms with van der Waals surface area (Å²) >= 11 is 0. The van der Waals surface area contributed by atoms with Crippen molar-refractivity contribution in [2.75, 3.05) is 57.4 Å². The Morgan fingerprint density at radius 3 is 2.74 bits per heavy atom. The van der Waals surface area contributed by atoms with E-state index in [4.69, 9.17) is 14.1 Å². The first-order valence-electron chi connectivity index (χ1n) is 11.6. The second kappa shape index (κ2) is 8.30. The van der Waals surface area contributed by atoms with Gasteiger partial charge in [-0.2, -0.15) is 0 Å². The Morgan fingerprint density at radius 2 is 1.94 bits per heavy atom. The summed E-state index contributed by atoms with van der Waals surface area (Å²) < 4.78 is 13.1. The summed E-state index contributed by atoms with van der Waals surface area (Å²) in [6.07, 6.45) is 8.69. The molecule has 5 heterocycles. The lowest BCUT2D eigenvalue weighted by Crippen LogP contribution is -2.48. The number of pyridine rings is 1. The third-order valence-electron chi connectivity index (χ3n) is 6.92. The number of piperazine rings is 1. The Balaban J connectivity index is 1.29. The Labute approximate surface area is 183 Å². The number of morpholine rings is 1. The van der Waals surface area contributed by atoms with E-state index in [-0.39, 0.29) is 0 Å². The van der Waals surface area contributed by atoms with Crippen molar-refractivity contribution in [3.05, 3.63) is 54.2 Å². The number of nitrogens with zero attached hydrogens (tertiary/aromatic N) is 5. The molecule has 0 radical (unpaired) electrons. The third-order valence-corrected chi connectivity index (χ3v) is 6.92. The number of imidazole rings is 1. The Morgan fingerprint density at radius 1 is 1.03 bits per heavy atom. The maximum Gasteiger partial charge on any atom is 0.138 e. The number of aromatic nitrogens is 2. The molecule has 0 spiro atoms. The molecule has 0 unspecified atom stereocenters. The lowest BCUT2D eigenvalue weighted by atomic mass is 10.1. The van der Waals surface area contributed by atoms with Crippen LogP contribution in [0.15, 0.2) is 47.4 Å². The smallest absolute Gasteiger partial charge is 0.138 e. The number of ether oxygens (including phenoxy) is 1. The van der Waals surface area contributed by atoms with Crippen LogP contribution in [0.3, 0.4) is 0 Å². The standard InChI is InChI=1S/C24H31N5O2/c1-2-23-25-21(16-29(23)24(3-1)27-9-12-30-13-10-27)22-17-26(14-20-6-11-31-18-20)7-8-28(22)15-19-4-5-19/h1-3,6,11,16,18-19,22H,4-5,7-10,12-15,17H2/t22-/m0/s1. The Kier molecular flexibility index (Phi) is 5.18. The first-order valence-corrected chi connectivity index (χ1v) is 11.6. The van der Waals surface area contributed by atoms with Crippen LogP contribution >= 0.6 is 0 Å². The summed E-state index contributed by atoms with van der Waals surface area (Å²) in [5, 5.41) is 0. The zero-order valence-electron chi connectivity index (χ0n) is 18.0. The van der Waals surface area contributed by atoms with E-state index in [1.165, 1.54) is 36.5 Å². The van der Waals surface area contributed by atoms with Crippen LogP contribution in [-0.2, 0) is 11.3 Å². The van der Waals surface area contributed by atoms with Crippen molar-refractivity contribution in [1.29, 1.82) is 0 Å². The molecule has 2 saturated heterocycles. The van der Waals surface area contributed by atoms with Gasteiger partial charge in [-0.1, -0.05) is 6.07 Å². The summed E-state index contributed by atoms with van der Waals surface area (Å²) in [5.41, 5.74) is 3.48. The van der Waals surface area contributed by atoms with E-state index in [2.05, 4.69) is 49.6 Å². The Hall–Kier alpha value is -2.35. The third kappa shape index (κ3) is 4.10. The van der Waals surface area contributed by atoms with Crippen LogP contribution in [0.5, 0.6) is 0 Å². The molecule has 0 bridgehead atoms. The minimum atomic E-state index is 0.332. The molecule has 3 fully saturated rings. The van der Waals surface area contributed by atoms with E-state index in [9.17, 15) is 0 Å². The summed E-state index contributed by atoms with van der Waals surface area (Å²) in [7, 11) is 0. The predicted molar refractivity (Wildman–Crippen MR) is 119 cm³/mol. The van der Waals surface area contributed by atoms with Crippen molar-refractivity contribution in [3.8, 4) is 0 Å². The molecule has 6 rings (SSSR count). The van der Waals surface area contributed by atoms with Gasteiger partial charge in [0, 0.05) is 57.6 Å². The molecule has 1 aliphatic carbocycles. The van der Waals surface area contributed by atoms with Gasteiger partial charge in [0.05, 0.1) is 37.5 Å². The molecule has 0 N–H and O–H groups in total. The normalized spacial score (nSPS) is 23.6. The van der Waals surface area contributed by atoms with Crippen LogP contribution in [0.25, 0.3) is 5.65 Å². The van der Waals surface area contributed by atoms with Gasteiger partial charge < -0.3 is 14.1 Å². The van der Waals surface area contributed by atoms with Gasteiger partial charge in [-0.25, -0.2) is 4.98 Å². The highest BCUT2D eigenvalue weighted by molar-refractivity contribution is 5.53.